The zero-order chi connectivity index (χ0) is 26.7. The summed E-state index contributed by atoms with van der Waals surface area (Å²) in [6.07, 6.45) is -0.231. The molecule has 3 N–H and O–H groups in total. The fourth-order valence-electron chi connectivity index (χ4n) is 6.53. The van der Waals surface area contributed by atoms with E-state index in [0.717, 1.165) is 37.8 Å². The molecule has 1 aromatic rings. The van der Waals surface area contributed by atoms with Gasteiger partial charge in [-0.1, -0.05) is 12.5 Å². The molecule has 5 rings (SSSR count). The Hall–Kier alpha value is -3.60. The zero-order valence-electron chi connectivity index (χ0n) is 20.4. The summed E-state index contributed by atoms with van der Waals surface area (Å²) >= 11 is 0. The van der Waals surface area contributed by atoms with Crippen molar-refractivity contribution in [3.8, 4) is 11.5 Å². The van der Waals surface area contributed by atoms with Gasteiger partial charge in [-0.25, -0.2) is 9.59 Å². The first-order valence-corrected chi connectivity index (χ1v) is 12.2. The van der Waals surface area contributed by atoms with Crippen LogP contribution in [0.4, 0.5) is 0 Å². The van der Waals surface area contributed by atoms with Crippen molar-refractivity contribution in [2.75, 3.05) is 0 Å². The van der Waals surface area contributed by atoms with Crippen LogP contribution < -0.4 is 4.74 Å². The lowest BCUT2D eigenvalue weighted by Crippen LogP contribution is -2.67. The summed E-state index contributed by atoms with van der Waals surface area (Å²) in [5.41, 5.74) is -0.385. The molecule has 0 unspecified atom stereocenters. The van der Waals surface area contributed by atoms with E-state index in [-0.39, 0.29) is 29.6 Å². The molecule has 6 atom stereocenters. The van der Waals surface area contributed by atoms with Crippen LogP contribution in [0.2, 0.25) is 0 Å². The van der Waals surface area contributed by atoms with Crippen molar-refractivity contribution in [2.24, 2.45) is 5.92 Å². The molecule has 1 aromatic carbocycles. The number of phenols is 1. The first-order chi connectivity index (χ1) is 17.5. The zero-order valence-corrected chi connectivity index (χ0v) is 20.4. The van der Waals surface area contributed by atoms with E-state index in [1.165, 1.54) is 0 Å². The Labute approximate surface area is 212 Å². The number of rotatable bonds is 7. The van der Waals surface area contributed by atoms with Crippen LogP contribution in [0.1, 0.15) is 57.1 Å². The van der Waals surface area contributed by atoms with Crippen molar-refractivity contribution in [3.05, 3.63) is 35.1 Å². The summed E-state index contributed by atoms with van der Waals surface area (Å²) in [5.74, 6) is -4.14. The lowest BCUT2D eigenvalue weighted by molar-refractivity contribution is -0.176. The average molecular weight is 516 g/mol. The smallest absolute Gasteiger partial charge is 0.353 e. The monoisotopic (exact) mass is 516 g/mol. The van der Waals surface area contributed by atoms with E-state index < -0.39 is 59.6 Å². The Kier molecular flexibility index (Phi) is 5.93. The number of ether oxygens (including phenoxy) is 4. The SMILES string of the molecule is CC(=O)O[C@@H](CC(=O)O[C@@H](C)C(=O)O)C(=O)OC1=CC[C@@]2(O)[C@@H]3CCC[C@@]24c2c(ccc(O)c2O[C@@H]14)C3. The number of hydrogen-bond donors (Lipinski definition) is 3. The number of aliphatic hydroxyl groups is 1. The first kappa shape index (κ1) is 25.1. The van der Waals surface area contributed by atoms with Crippen LogP contribution in [-0.4, -0.2) is 63.1 Å². The van der Waals surface area contributed by atoms with E-state index in [1.807, 2.05) is 6.07 Å². The molecule has 0 aromatic heterocycles. The third kappa shape index (κ3) is 3.75. The van der Waals surface area contributed by atoms with Gasteiger partial charge < -0.3 is 34.3 Å². The highest BCUT2D eigenvalue weighted by molar-refractivity contribution is 5.86. The van der Waals surface area contributed by atoms with Crippen LogP contribution in [0.5, 0.6) is 11.5 Å². The average Bonchev–Trinajstić information content (AvgIpc) is 3.16. The van der Waals surface area contributed by atoms with Gasteiger partial charge >= 0.3 is 23.9 Å². The summed E-state index contributed by atoms with van der Waals surface area (Å²) in [6.45, 7) is 2.20. The molecular weight excluding hydrogens is 488 g/mol. The number of carboxylic acid groups (broad SMARTS) is 1. The number of carbonyl (C=O) groups is 4. The van der Waals surface area contributed by atoms with Crippen molar-refractivity contribution in [1.29, 1.82) is 0 Å². The molecule has 11 heteroatoms. The molecule has 1 heterocycles. The quantitative estimate of drug-likeness (QED) is 0.356. The number of hydrogen-bond acceptors (Lipinski definition) is 10. The molecule has 0 saturated heterocycles. The van der Waals surface area contributed by atoms with E-state index in [9.17, 15) is 29.4 Å². The number of carbonyl (C=O) groups excluding carboxylic acids is 3. The Morgan fingerprint density at radius 3 is 2.68 bits per heavy atom. The highest BCUT2D eigenvalue weighted by Gasteiger charge is 2.71. The highest BCUT2D eigenvalue weighted by Crippen LogP contribution is 2.67. The van der Waals surface area contributed by atoms with Gasteiger partial charge in [-0.2, -0.15) is 0 Å². The summed E-state index contributed by atoms with van der Waals surface area (Å²) < 4.78 is 21.6. The Balaban J connectivity index is 1.44. The summed E-state index contributed by atoms with van der Waals surface area (Å²) in [7, 11) is 0. The van der Waals surface area contributed by atoms with Crippen LogP contribution in [-0.2, 0) is 45.2 Å². The van der Waals surface area contributed by atoms with Gasteiger partial charge in [-0.3, -0.25) is 9.59 Å². The maximum atomic E-state index is 13.1. The molecule has 37 heavy (non-hydrogen) atoms. The molecule has 198 valence electrons. The maximum Gasteiger partial charge on any atom is 0.353 e. The maximum absolute atomic E-state index is 13.1. The number of benzene rings is 1. The topological polar surface area (TPSA) is 166 Å². The number of carboxylic acids is 1. The molecule has 0 radical (unpaired) electrons. The van der Waals surface area contributed by atoms with E-state index in [2.05, 4.69) is 0 Å². The van der Waals surface area contributed by atoms with Crippen LogP contribution >= 0.6 is 0 Å². The minimum atomic E-state index is -1.69. The van der Waals surface area contributed by atoms with E-state index in [0.29, 0.717) is 12.8 Å². The van der Waals surface area contributed by atoms with Gasteiger partial charge in [-0.15, -0.1) is 0 Å². The fraction of sp³-hybridized carbons (Fsp3) is 0.538. The first-order valence-electron chi connectivity index (χ1n) is 12.2. The number of aliphatic carboxylic acids is 1. The molecule has 11 nitrogen and oxygen atoms in total. The van der Waals surface area contributed by atoms with Crippen LogP contribution in [0.3, 0.4) is 0 Å². The van der Waals surface area contributed by atoms with Gasteiger partial charge in [0, 0.05) is 12.5 Å². The normalized spacial score (nSPS) is 30.1. The third-order valence-electron chi connectivity index (χ3n) is 8.06. The number of phenolic OH excluding ortho intramolecular Hbond substituents is 1. The van der Waals surface area contributed by atoms with Gasteiger partial charge in [0.15, 0.2) is 23.7 Å². The molecule has 2 bridgehead atoms. The minimum absolute atomic E-state index is 0.0383. The molecule has 3 aliphatic carbocycles. The van der Waals surface area contributed by atoms with E-state index >= 15 is 0 Å². The largest absolute Gasteiger partial charge is 0.504 e. The molecule has 0 amide bonds. The predicted octanol–water partition coefficient (Wildman–Crippen LogP) is 1.65. The van der Waals surface area contributed by atoms with Gasteiger partial charge in [0.05, 0.1) is 17.4 Å². The second-order valence-electron chi connectivity index (χ2n) is 10.1. The lowest BCUT2D eigenvalue weighted by Gasteiger charge is -2.59. The molecule has 1 aliphatic heterocycles. The Morgan fingerprint density at radius 2 is 1.97 bits per heavy atom. The van der Waals surface area contributed by atoms with Crippen molar-refractivity contribution in [3.63, 3.8) is 0 Å². The molecule has 1 spiro atoms. The minimum Gasteiger partial charge on any atom is -0.504 e. The Morgan fingerprint density at radius 1 is 1.22 bits per heavy atom. The fourth-order valence-corrected chi connectivity index (χ4v) is 6.53. The molecule has 4 aliphatic rings. The van der Waals surface area contributed by atoms with E-state index in [4.69, 9.17) is 24.1 Å². The van der Waals surface area contributed by atoms with Crippen molar-refractivity contribution in [1.82, 2.24) is 0 Å². The van der Waals surface area contributed by atoms with Gasteiger partial charge in [-0.05, 0) is 56.2 Å². The molecule has 1 saturated carbocycles. The van der Waals surface area contributed by atoms with Crippen LogP contribution in [0, 0.1) is 5.92 Å². The van der Waals surface area contributed by atoms with Crippen molar-refractivity contribution >= 4 is 23.9 Å². The second-order valence-corrected chi connectivity index (χ2v) is 10.1. The van der Waals surface area contributed by atoms with Crippen LogP contribution in [0.15, 0.2) is 24.0 Å². The van der Waals surface area contributed by atoms with E-state index in [1.54, 1.807) is 12.1 Å². The summed E-state index contributed by atoms with van der Waals surface area (Å²) in [5, 5.41) is 31.5. The molecular formula is C26H28O11. The Bertz CT molecular complexity index is 1220. The van der Waals surface area contributed by atoms with Gasteiger partial charge in [0.2, 0.25) is 6.10 Å². The van der Waals surface area contributed by atoms with Crippen LogP contribution in [0.25, 0.3) is 0 Å². The van der Waals surface area contributed by atoms with Crippen molar-refractivity contribution < 1.29 is 53.4 Å². The van der Waals surface area contributed by atoms with Crippen molar-refractivity contribution in [2.45, 2.75) is 81.7 Å². The second kappa shape index (κ2) is 8.76. The lowest BCUT2D eigenvalue weighted by atomic mass is 9.47. The summed E-state index contributed by atoms with van der Waals surface area (Å²) in [6, 6.07) is 3.39. The molecule has 1 fully saturated rings. The van der Waals surface area contributed by atoms with Gasteiger partial charge in [0.1, 0.15) is 5.76 Å². The number of aromatic hydroxyl groups is 1. The highest BCUT2D eigenvalue weighted by atomic mass is 16.6. The third-order valence-corrected chi connectivity index (χ3v) is 8.06. The van der Waals surface area contributed by atoms with Gasteiger partial charge in [0.25, 0.3) is 0 Å². The summed E-state index contributed by atoms with van der Waals surface area (Å²) in [4.78, 5) is 47.9. The predicted molar refractivity (Wildman–Crippen MR) is 122 cm³/mol. The number of esters is 3. The standard InChI is InChI=1S/C26H28O11/c1-12(23(30)31)34-19(29)11-18(35-13(2)27)24(32)36-17-7-9-26(33)15-4-3-8-25(26)20-14(10-15)5-6-16(28)21(20)37-22(17)25/h5-7,12,15,18,22,28,33H,3-4,8-11H2,1-2H3,(H,30,31)/t12-,15+,18-,22-,25-,26+/m0/s1.